The van der Waals surface area contributed by atoms with E-state index in [2.05, 4.69) is 26.0 Å². The minimum atomic E-state index is -0.0756. The van der Waals surface area contributed by atoms with E-state index >= 15 is 0 Å². The molecule has 0 atom stereocenters. The molecule has 0 aliphatic rings. The lowest BCUT2D eigenvalue weighted by molar-refractivity contribution is 0.0985. The van der Waals surface area contributed by atoms with Crippen LogP contribution in [0.2, 0.25) is 0 Å². The molecule has 0 saturated heterocycles. The maximum Gasteiger partial charge on any atom is 0.260 e. The Morgan fingerprint density at radius 2 is 1.74 bits per heavy atom. The van der Waals surface area contributed by atoms with Crippen LogP contribution >= 0.6 is 11.3 Å². The summed E-state index contributed by atoms with van der Waals surface area (Å²) < 4.78 is 6.84. The van der Waals surface area contributed by atoms with Crippen molar-refractivity contribution in [3.8, 4) is 5.75 Å². The average molecular weight is 431 g/mol. The summed E-state index contributed by atoms with van der Waals surface area (Å²) >= 11 is 1.56. The second-order valence-electron chi connectivity index (χ2n) is 7.99. The number of fused-ring (bicyclic) bond motifs is 1. The van der Waals surface area contributed by atoms with E-state index in [0.717, 1.165) is 21.5 Å². The highest BCUT2D eigenvalue weighted by atomic mass is 32.1. The first-order valence-corrected chi connectivity index (χ1v) is 11.2. The van der Waals surface area contributed by atoms with E-state index in [0.29, 0.717) is 17.2 Å². The van der Waals surface area contributed by atoms with Gasteiger partial charge in [0.1, 0.15) is 5.75 Å². The van der Waals surface area contributed by atoms with Gasteiger partial charge in [0.15, 0.2) is 5.13 Å². The van der Waals surface area contributed by atoms with Crippen LogP contribution < -0.4 is 9.64 Å². The lowest BCUT2D eigenvalue weighted by Crippen LogP contribution is -2.30. The highest BCUT2D eigenvalue weighted by Crippen LogP contribution is 2.33. The van der Waals surface area contributed by atoms with Crippen molar-refractivity contribution in [1.29, 1.82) is 0 Å². The van der Waals surface area contributed by atoms with Crippen LogP contribution in [0.25, 0.3) is 10.2 Å². The summed E-state index contributed by atoms with van der Waals surface area (Å²) in [5.41, 5.74) is 4.95. The number of carbonyl (C=O) groups is 1. The molecule has 0 fully saturated rings. The average Bonchev–Trinajstić information content (AvgIpc) is 3.16. The zero-order valence-electron chi connectivity index (χ0n) is 18.3. The third-order valence-electron chi connectivity index (χ3n) is 4.94. The van der Waals surface area contributed by atoms with Gasteiger partial charge in [0, 0.05) is 5.56 Å². The predicted octanol–water partition coefficient (Wildman–Crippen LogP) is 6.55. The Hall–Kier alpha value is -3.18. The maximum absolute atomic E-state index is 13.6. The molecule has 1 aromatic heterocycles. The molecule has 4 rings (SSSR count). The van der Waals surface area contributed by atoms with Crippen LogP contribution in [-0.4, -0.2) is 17.0 Å². The first-order chi connectivity index (χ1) is 14.9. The molecule has 0 N–H and O–H groups in total. The number of rotatable bonds is 6. The van der Waals surface area contributed by atoms with Crippen LogP contribution in [0.1, 0.15) is 40.9 Å². The van der Waals surface area contributed by atoms with Crippen LogP contribution in [-0.2, 0) is 6.54 Å². The lowest BCUT2D eigenvalue weighted by Gasteiger charge is -2.20. The molecule has 0 aliphatic carbocycles. The van der Waals surface area contributed by atoms with Gasteiger partial charge in [-0.05, 0) is 74.7 Å². The third kappa shape index (κ3) is 4.78. The summed E-state index contributed by atoms with van der Waals surface area (Å²) in [6.45, 7) is 8.59. The first-order valence-electron chi connectivity index (χ1n) is 10.4. The SMILES string of the molecule is Cc1cc(C)c2sc(N(Cc3ccccc3)C(=O)c3ccc(OC(C)C)cc3)nc2c1. The summed E-state index contributed by atoms with van der Waals surface area (Å²) in [4.78, 5) is 20.2. The van der Waals surface area contributed by atoms with Crippen LogP contribution in [0.3, 0.4) is 0 Å². The Bertz CT molecular complexity index is 1200. The quantitative estimate of drug-likeness (QED) is 0.348. The molecule has 31 heavy (non-hydrogen) atoms. The molecular weight excluding hydrogens is 404 g/mol. The number of amides is 1. The molecule has 4 aromatic rings. The van der Waals surface area contributed by atoms with Gasteiger partial charge < -0.3 is 4.74 Å². The summed E-state index contributed by atoms with van der Waals surface area (Å²) in [5, 5.41) is 0.708. The standard InChI is InChI=1S/C26H26N2O2S/c1-17(2)30-22-12-10-21(11-13-22)25(29)28(16-20-8-6-5-7-9-20)26-27-23-15-18(3)14-19(4)24(23)31-26/h5-15,17H,16H2,1-4H3. The van der Waals surface area contributed by atoms with Gasteiger partial charge in [-0.3, -0.25) is 9.69 Å². The van der Waals surface area contributed by atoms with E-state index in [9.17, 15) is 4.79 Å². The largest absolute Gasteiger partial charge is 0.491 e. The minimum Gasteiger partial charge on any atom is -0.491 e. The summed E-state index contributed by atoms with van der Waals surface area (Å²) in [6, 6.07) is 21.6. The molecule has 1 heterocycles. The normalized spacial score (nSPS) is 11.1. The van der Waals surface area contributed by atoms with Gasteiger partial charge in [0.25, 0.3) is 5.91 Å². The number of anilines is 1. The van der Waals surface area contributed by atoms with Gasteiger partial charge >= 0.3 is 0 Å². The van der Waals surface area contributed by atoms with Crippen molar-refractivity contribution in [2.75, 3.05) is 4.90 Å². The number of hydrogen-bond donors (Lipinski definition) is 0. The molecule has 0 aliphatic heterocycles. The van der Waals surface area contributed by atoms with Gasteiger partial charge in [0.05, 0.1) is 22.9 Å². The number of hydrogen-bond acceptors (Lipinski definition) is 4. The van der Waals surface area contributed by atoms with Crippen LogP contribution in [0.4, 0.5) is 5.13 Å². The zero-order chi connectivity index (χ0) is 22.0. The Balaban J connectivity index is 1.72. The molecular formula is C26H26N2O2S. The number of ether oxygens (including phenoxy) is 1. The van der Waals surface area contributed by atoms with E-state index in [1.165, 1.54) is 11.1 Å². The van der Waals surface area contributed by atoms with E-state index in [-0.39, 0.29) is 12.0 Å². The van der Waals surface area contributed by atoms with Gasteiger partial charge in [-0.2, -0.15) is 0 Å². The molecule has 5 heteroatoms. The Morgan fingerprint density at radius 1 is 1.03 bits per heavy atom. The van der Waals surface area contributed by atoms with E-state index in [1.54, 1.807) is 16.2 Å². The molecule has 0 bridgehead atoms. The van der Waals surface area contributed by atoms with Crippen molar-refractivity contribution in [3.63, 3.8) is 0 Å². The van der Waals surface area contributed by atoms with Crippen molar-refractivity contribution in [2.24, 2.45) is 0 Å². The fraction of sp³-hybridized carbons (Fsp3) is 0.231. The fourth-order valence-electron chi connectivity index (χ4n) is 3.58. The summed E-state index contributed by atoms with van der Waals surface area (Å²) in [7, 11) is 0. The van der Waals surface area contributed by atoms with E-state index in [4.69, 9.17) is 9.72 Å². The smallest absolute Gasteiger partial charge is 0.260 e. The number of benzene rings is 3. The molecule has 1 amide bonds. The topological polar surface area (TPSA) is 42.4 Å². The van der Waals surface area contributed by atoms with Crippen molar-refractivity contribution in [1.82, 2.24) is 4.98 Å². The second kappa shape index (κ2) is 8.90. The van der Waals surface area contributed by atoms with Gasteiger partial charge in [0.2, 0.25) is 0 Å². The molecule has 158 valence electrons. The van der Waals surface area contributed by atoms with Crippen molar-refractivity contribution < 1.29 is 9.53 Å². The second-order valence-corrected chi connectivity index (χ2v) is 8.97. The zero-order valence-corrected chi connectivity index (χ0v) is 19.1. The Morgan fingerprint density at radius 3 is 2.42 bits per heavy atom. The summed E-state index contributed by atoms with van der Waals surface area (Å²) in [6.07, 6.45) is 0.0885. The molecule has 0 unspecified atom stereocenters. The Labute approximate surface area is 187 Å². The van der Waals surface area contributed by atoms with Crippen LogP contribution in [0, 0.1) is 13.8 Å². The molecule has 0 radical (unpaired) electrons. The highest BCUT2D eigenvalue weighted by molar-refractivity contribution is 7.22. The molecule has 4 nitrogen and oxygen atoms in total. The van der Waals surface area contributed by atoms with Crippen LogP contribution in [0.15, 0.2) is 66.7 Å². The van der Waals surface area contributed by atoms with Gasteiger partial charge in [-0.1, -0.05) is 47.7 Å². The van der Waals surface area contributed by atoms with Crippen LogP contribution in [0.5, 0.6) is 5.75 Å². The number of nitrogens with zero attached hydrogens (tertiary/aromatic N) is 2. The minimum absolute atomic E-state index is 0.0756. The van der Waals surface area contributed by atoms with Crippen molar-refractivity contribution in [2.45, 2.75) is 40.3 Å². The van der Waals surface area contributed by atoms with E-state index < -0.39 is 0 Å². The molecule has 0 spiro atoms. The number of carbonyl (C=O) groups excluding carboxylic acids is 1. The fourth-order valence-corrected chi connectivity index (χ4v) is 4.59. The summed E-state index contributed by atoms with van der Waals surface area (Å²) in [5.74, 6) is 0.681. The van der Waals surface area contributed by atoms with Gasteiger partial charge in [-0.25, -0.2) is 4.98 Å². The number of thiazole rings is 1. The predicted molar refractivity (Wildman–Crippen MR) is 128 cm³/mol. The molecule has 3 aromatic carbocycles. The van der Waals surface area contributed by atoms with Crippen molar-refractivity contribution >= 4 is 32.6 Å². The Kier molecular flexibility index (Phi) is 6.05. The number of aromatic nitrogens is 1. The maximum atomic E-state index is 13.6. The number of aryl methyl sites for hydroxylation is 2. The highest BCUT2D eigenvalue weighted by Gasteiger charge is 2.22. The monoisotopic (exact) mass is 430 g/mol. The molecule has 0 saturated carbocycles. The van der Waals surface area contributed by atoms with Gasteiger partial charge in [-0.15, -0.1) is 0 Å². The lowest BCUT2D eigenvalue weighted by atomic mass is 10.1. The third-order valence-corrected chi connectivity index (χ3v) is 6.17. The van der Waals surface area contributed by atoms with E-state index in [1.807, 2.05) is 68.4 Å². The first kappa shape index (κ1) is 21.1. The van der Waals surface area contributed by atoms with Crippen molar-refractivity contribution in [3.05, 3.63) is 89.0 Å².